The van der Waals surface area contributed by atoms with Gasteiger partial charge in [-0.15, -0.1) is 0 Å². The molecule has 4 nitrogen and oxygen atoms in total. The van der Waals surface area contributed by atoms with E-state index in [4.69, 9.17) is 11.6 Å². The molecule has 1 aliphatic rings. The molecule has 0 saturated carbocycles. The molecule has 0 aliphatic carbocycles. The number of amides is 1. The van der Waals surface area contributed by atoms with Gasteiger partial charge in [-0.3, -0.25) is 4.79 Å². The number of rotatable bonds is 4. The molecular weight excluding hydrogens is 262 g/mol. The summed E-state index contributed by atoms with van der Waals surface area (Å²) in [6.45, 7) is 5.95. The zero-order valence-corrected chi connectivity index (χ0v) is 11.9. The number of anilines is 1. The first-order chi connectivity index (χ1) is 9.15. The summed E-state index contributed by atoms with van der Waals surface area (Å²) >= 11 is 6.00. The third-order valence-corrected chi connectivity index (χ3v) is 3.59. The Morgan fingerprint density at radius 2 is 2.32 bits per heavy atom. The Kier molecular flexibility index (Phi) is 5.19. The Hall–Kier alpha value is -1.10. The molecule has 2 rings (SSSR count). The van der Waals surface area contributed by atoms with Gasteiger partial charge >= 0.3 is 0 Å². The third-order valence-electron chi connectivity index (χ3n) is 3.26. The lowest BCUT2D eigenvalue weighted by Crippen LogP contribution is -2.49. The lowest BCUT2D eigenvalue weighted by molar-refractivity contribution is -0.116. The predicted molar refractivity (Wildman–Crippen MR) is 78.6 cm³/mol. The van der Waals surface area contributed by atoms with E-state index in [1.165, 1.54) is 0 Å². The largest absolute Gasteiger partial charge is 0.325 e. The van der Waals surface area contributed by atoms with Crippen molar-refractivity contribution in [1.82, 2.24) is 10.2 Å². The summed E-state index contributed by atoms with van der Waals surface area (Å²) in [6, 6.07) is 7.79. The predicted octanol–water partition coefficient (Wildman–Crippen LogP) is 1.96. The van der Waals surface area contributed by atoms with Gasteiger partial charge in [0.1, 0.15) is 0 Å². The smallest absolute Gasteiger partial charge is 0.225 e. The van der Waals surface area contributed by atoms with Crippen LogP contribution in [0.15, 0.2) is 24.3 Å². The topological polar surface area (TPSA) is 44.4 Å². The van der Waals surface area contributed by atoms with Crippen molar-refractivity contribution in [3.8, 4) is 0 Å². The molecule has 1 aromatic carbocycles. The highest BCUT2D eigenvalue weighted by atomic mass is 35.5. The van der Waals surface area contributed by atoms with Crippen molar-refractivity contribution >= 4 is 23.2 Å². The molecular formula is C14H20ClN3O. The van der Waals surface area contributed by atoms with E-state index < -0.39 is 0 Å². The van der Waals surface area contributed by atoms with Crippen molar-refractivity contribution in [2.75, 3.05) is 31.5 Å². The van der Waals surface area contributed by atoms with Crippen LogP contribution in [0, 0.1) is 0 Å². The number of piperazine rings is 1. The fourth-order valence-corrected chi connectivity index (χ4v) is 2.43. The van der Waals surface area contributed by atoms with Gasteiger partial charge in [0.25, 0.3) is 0 Å². The Balaban J connectivity index is 1.77. The number of carbonyl (C=O) groups excluding carboxylic acids is 1. The maximum Gasteiger partial charge on any atom is 0.225 e. The quantitative estimate of drug-likeness (QED) is 0.887. The summed E-state index contributed by atoms with van der Waals surface area (Å²) in [5.41, 5.74) is 0.683. The molecule has 1 atom stereocenters. The molecule has 1 heterocycles. The monoisotopic (exact) mass is 281 g/mol. The van der Waals surface area contributed by atoms with Crippen LogP contribution in [0.2, 0.25) is 5.02 Å². The number of benzene rings is 1. The van der Waals surface area contributed by atoms with Gasteiger partial charge < -0.3 is 15.5 Å². The van der Waals surface area contributed by atoms with Gasteiger partial charge in [0.2, 0.25) is 5.91 Å². The van der Waals surface area contributed by atoms with Crippen molar-refractivity contribution in [3.63, 3.8) is 0 Å². The van der Waals surface area contributed by atoms with E-state index in [0.29, 0.717) is 23.2 Å². The van der Waals surface area contributed by atoms with Gasteiger partial charge in [-0.05, 0) is 19.1 Å². The summed E-state index contributed by atoms with van der Waals surface area (Å²) in [4.78, 5) is 14.2. The first-order valence-corrected chi connectivity index (χ1v) is 7.03. The van der Waals surface area contributed by atoms with Crippen LogP contribution in [-0.2, 0) is 4.79 Å². The maximum absolute atomic E-state index is 11.9. The SMILES string of the molecule is CC1CN(CCC(=O)Nc2ccccc2Cl)CCN1. The van der Waals surface area contributed by atoms with E-state index in [1.54, 1.807) is 6.07 Å². The molecule has 1 saturated heterocycles. The number of para-hydroxylation sites is 1. The van der Waals surface area contributed by atoms with E-state index in [9.17, 15) is 4.79 Å². The van der Waals surface area contributed by atoms with Crippen LogP contribution in [0.5, 0.6) is 0 Å². The summed E-state index contributed by atoms with van der Waals surface area (Å²) in [6.07, 6.45) is 0.498. The molecule has 0 radical (unpaired) electrons. The summed E-state index contributed by atoms with van der Waals surface area (Å²) in [5, 5.41) is 6.81. The van der Waals surface area contributed by atoms with Crippen LogP contribution in [0.3, 0.4) is 0 Å². The number of carbonyl (C=O) groups is 1. The average Bonchev–Trinajstić information content (AvgIpc) is 2.39. The molecule has 5 heteroatoms. The number of nitrogens with one attached hydrogen (secondary N) is 2. The second kappa shape index (κ2) is 6.89. The van der Waals surface area contributed by atoms with Gasteiger partial charge in [-0.25, -0.2) is 0 Å². The Labute approximate surface area is 119 Å². The minimum atomic E-state index is 0.0132. The highest BCUT2D eigenvalue weighted by molar-refractivity contribution is 6.33. The molecule has 0 bridgehead atoms. The van der Waals surface area contributed by atoms with Crippen LogP contribution >= 0.6 is 11.6 Å². The fourth-order valence-electron chi connectivity index (χ4n) is 2.25. The minimum Gasteiger partial charge on any atom is -0.325 e. The van der Waals surface area contributed by atoms with E-state index in [-0.39, 0.29) is 5.91 Å². The summed E-state index contributed by atoms with van der Waals surface area (Å²) in [7, 11) is 0. The molecule has 1 aliphatic heterocycles. The average molecular weight is 282 g/mol. The van der Waals surface area contributed by atoms with E-state index in [2.05, 4.69) is 22.5 Å². The second-order valence-electron chi connectivity index (χ2n) is 4.93. The molecule has 19 heavy (non-hydrogen) atoms. The summed E-state index contributed by atoms with van der Waals surface area (Å²) < 4.78 is 0. The number of hydrogen-bond acceptors (Lipinski definition) is 3. The fraction of sp³-hybridized carbons (Fsp3) is 0.500. The van der Waals surface area contributed by atoms with Crippen molar-refractivity contribution in [2.24, 2.45) is 0 Å². The van der Waals surface area contributed by atoms with E-state index >= 15 is 0 Å². The van der Waals surface area contributed by atoms with Gasteiger partial charge in [0.05, 0.1) is 10.7 Å². The maximum atomic E-state index is 11.9. The highest BCUT2D eigenvalue weighted by Crippen LogP contribution is 2.20. The molecule has 0 spiro atoms. The zero-order chi connectivity index (χ0) is 13.7. The molecule has 0 aromatic heterocycles. The molecule has 1 aromatic rings. The molecule has 2 N–H and O–H groups in total. The van der Waals surface area contributed by atoms with Gasteiger partial charge in [0, 0.05) is 38.6 Å². The number of hydrogen-bond donors (Lipinski definition) is 2. The van der Waals surface area contributed by atoms with Crippen LogP contribution in [0.25, 0.3) is 0 Å². The van der Waals surface area contributed by atoms with E-state index in [0.717, 1.165) is 26.2 Å². The van der Waals surface area contributed by atoms with Gasteiger partial charge in [-0.1, -0.05) is 23.7 Å². The third kappa shape index (κ3) is 4.49. The normalized spacial score (nSPS) is 20.2. The van der Waals surface area contributed by atoms with Crippen molar-refractivity contribution in [2.45, 2.75) is 19.4 Å². The second-order valence-corrected chi connectivity index (χ2v) is 5.34. The Bertz CT molecular complexity index is 438. The zero-order valence-electron chi connectivity index (χ0n) is 11.2. The number of nitrogens with zero attached hydrogens (tertiary/aromatic N) is 1. The first-order valence-electron chi connectivity index (χ1n) is 6.65. The van der Waals surface area contributed by atoms with Crippen LogP contribution in [0.1, 0.15) is 13.3 Å². The van der Waals surface area contributed by atoms with Crippen molar-refractivity contribution in [3.05, 3.63) is 29.3 Å². The van der Waals surface area contributed by atoms with E-state index in [1.807, 2.05) is 18.2 Å². The van der Waals surface area contributed by atoms with Crippen LogP contribution in [-0.4, -0.2) is 43.0 Å². The highest BCUT2D eigenvalue weighted by Gasteiger charge is 2.16. The lowest BCUT2D eigenvalue weighted by Gasteiger charge is -2.31. The van der Waals surface area contributed by atoms with Crippen LogP contribution in [0.4, 0.5) is 5.69 Å². The van der Waals surface area contributed by atoms with Crippen molar-refractivity contribution < 1.29 is 4.79 Å². The number of halogens is 1. The minimum absolute atomic E-state index is 0.0132. The van der Waals surface area contributed by atoms with Gasteiger partial charge in [-0.2, -0.15) is 0 Å². The first kappa shape index (κ1) is 14.3. The molecule has 1 fully saturated rings. The lowest BCUT2D eigenvalue weighted by atomic mass is 10.2. The molecule has 1 amide bonds. The Morgan fingerprint density at radius 3 is 3.05 bits per heavy atom. The molecule has 1 unspecified atom stereocenters. The van der Waals surface area contributed by atoms with Crippen molar-refractivity contribution in [1.29, 1.82) is 0 Å². The van der Waals surface area contributed by atoms with Crippen LogP contribution < -0.4 is 10.6 Å². The molecule has 104 valence electrons. The standard InChI is InChI=1S/C14H20ClN3O/c1-11-10-18(9-7-16-11)8-6-14(19)17-13-5-3-2-4-12(13)15/h2-5,11,16H,6-10H2,1H3,(H,17,19). The Morgan fingerprint density at radius 1 is 1.53 bits per heavy atom. The summed E-state index contributed by atoms with van der Waals surface area (Å²) in [5.74, 6) is 0.0132. The van der Waals surface area contributed by atoms with Gasteiger partial charge in [0.15, 0.2) is 0 Å².